The number of nitrogens with one attached hydrogen (secondary N) is 1. The van der Waals surface area contributed by atoms with E-state index in [0.717, 1.165) is 5.92 Å². The fraction of sp³-hybridized carbons (Fsp3) is 1.00. The molecule has 0 radical (unpaired) electrons. The van der Waals surface area contributed by atoms with Crippen molar-refractivity contribution < 1.29 is 0 Å². The molecule has 2 aliphatic heterocycles. The summed E-state index contributed by atoms with van der Waals surface area (Å²) in [5.41, 5.74) is 0. The van der Waals surface area contributed by atoms with E-state index in [1.807, 2.05) is 0 Å². The molecule has 2 rings (SSSR count). The summed E-state index contributed by atoms with van der Waals surface area (Å²) in [5, 5.41) is 3.43. The Hall–Kier alpha value is -0.160. The maximum atomic E-state index is 3.43. The van der Waals surface area contributed by atoms with Gasteiger partial charge in [-0.25, -0.2) is 0 Å². The summed E-state index contributed by atoms with van der Waals surface area (Å²) in [6.07, 6.45) is 2.80. The highest BCUT2D eigenvalue weighted by atomic mass is 15.2. The molecule has 106 valence electrons. The monoisotopic (exact) mass is 254 g/mol. The molecule has 18 heavy (non-hydrogen) atoms. The predicted molar refractivity (Wildman–Crippen MR) is 77.0 cm³/mol. The minimum absolute atomic E-state index is 0.943. The summed E-state index contributed by atoms with van der Waals surface area (Å²) in [7, 11) is 4.33. The Labute approximate surface area is 112 Å². The van der Waals surface area contributed by atoms with Crippen molar-refractivity contribution in [2.75, 3.05) is 73.0 Å². The van der Waals surface area contributed by atoms with Crippen LogP contribution < -0.4 is 5.32 Å². The molecule has 2 fully saturated rings. The van der Waals surface area contributed by atoms with E-state index in [0.29, 0.717) is 0 Å². The molecule has 2 aliphatic rings. The summed E-state index contributed by atoms with van der Waals surface area (Å²) in [4.78, 5) is 7.57. The zero-order chi connectivity index (χ0) is 12.8. The van der Waals surface area contributed by atoms with Crippen molar-refractivity contribution in [1.82, 2.24) is 20.0 Å². The quantitative estimate of drug-likeness (QED) is 0.755. The first-order valence-corrected chi connectivity index (χ1v) is 7.54. The van der Waals surface area contributed by atoms with Crippen molar-refractivity contribution in [2.24, 2.45) is 5.92 Å². The van der Waals surface area contributed by atoms with E-state index in [1.54, 1.807) is 0 Å². The molecule has 0 amide bonds. The van der Waals surface area contributed by atoms with Gasteiger partial charge in [0.05, 0.1) is 0 Å². The molecule has 0 unspecified atom stereocenters. The molecule has 0 aromatic heterocycles. The second-order valence-electron chi connectivity index (χ2n) is 6.14. The average Bonchev–Trinajstić information content (AvgIpc) is 2.39. The highest BCUT2D eigenvalue weighted by Crippen LogP contribution is 2.18. The van der Waals surface area contributed by atoms with Crippen LogP contribution in [0, 0.1) is 5.92 Å². The van der Waals surface area contributed by atoms with Gasteiger partial charge in [-0.2, -0.15) is 0 Å². The lowest BCUT2D eigenvalue weighted by Crippen LogP contribution is -2.47. The molecule has 4 heteroatoms. The van der Waals surface area contributed by atoms with Gasteiger partial charge in [-0.3, -0.25) is 0 Å². The molecule has 2 saturated heterocycles. The molecule has 0 aromatic carbocycles. The fourth-order valence-electron chi connectivity index (χ4n) is 2.99. The maximum absolute atomic E-state index is 3.43. The van der Waals surface area contributed by atoms with E-state index in [-0.39, 0.29) is 0 Å². The minimum Gasteiger partial charge on any atom is -0.314 e. The van der Waals surface area contributed by atoms with Crippen LogP contribution in [0.2, 0.25) is 0 Å². The lowest BCUT2D eigenvalue weighted by atomic mass is 9.96. The second-order valence-corrected chi connectivity index (χ2v) is 6.14. The zero-order valence-electron chi connectivity index (χ0n) is 12.2. The first-order chi connectivity index (χ1) is 8.74. The first kappa shape index (κ1) is 14.3. The number of nitrogens with zero attached hydrogens (tertiary/aromatic N) is 3. The maximum Gasteiger partial charge on any atom is 0.0109 e. The summed E-state index contributed by atoms with van der Waals surface area (Å²) in [6, 6.07) is 0. The second kappa shape index (κ2) is 7.43. The molecule has 2 heterocycles. The van der Waals surface area contributed by atoms with Crippen LogP contribution >= 0.6 is 0 Å². The average molecular weight is 254 g/mol. The summed E-state index contributed by atoms with van der Waals surface area (Å²) >= 11 is 0. The van der Waals surface area contributed by atoms with Gasteiger partial charge < -0.3 is 20.0 Å². The van der Waals surface area contributed by atoms with Gasteiger partial charge in [-0.05, 0) is 45.9 Å². The van der Waals surface area contributed by atoms with Crippen LogP contribution in [0.25, 0.3) is 0 Å². The Morgan fingerprint density at radius 2 is 1.67 bits per heavy atom. The van der Waals surface area contributed by atoms with Crippen LogP contribution in [0.4, 0.5) is 0 Å². The highest BCUT2D eigenvalue weighted by Gasteiger charge is 2.21. The number of piperidine rings is 1. The molecule has 0 atom stereocenters. The van der Waals surface area contributed by atoms with Gasteiger partial charge in [0.25, 0.3) is 0 Å². The van der Waals surface area contributed by atoms with Gasteiger partial charge in [0.15, 0.2) is 0 Å². The molecule has 1 N–H and O–H groups in total. The zero-order valence-corrected chi connectivity index (χ0v) is 12.2. The van der Waals surface area contributed by atoms with Gasteiger partial charge in [0.2, 0.25) is 0 Å². The first-order valence-electron chi connectivity index (χ1n) is 7.54. The Morgan fingerprint density at radius 3 is 2.28 bits per heavy atom. The number of likely N-dealkylation sites (tertiary alicyclic amines) is 1. The molecule has 0 bridgehead atoms. The van der Waals surface area contributed by atoms with E-state index in [2.05, 4.69) is 34.1 Å². The number of piperazine rings is 1. The Bertz CT molecular complexity index is 218. The summed E-state index contributed by atoms with van der Waals surface area (Å²) in [5.74, 6) is 0.943. The van der Waals surface area contributed by atoms with E-state index >= 15 is 0 Å². The summed E-state index contributed by atoms with van der Waals surface area (Å²) < 4.78 is 0. The van der Waals surface area contributed by atoms with Crippen LogP contribution in [-0.2, 0) is 0 Å². The third-order valence-corrected chi connectivity index (χ3v) is 4.30. The number of hydrogen-bond donors (Lipinski definition) is 1. The van der Waals surface area contributed by atoms with Crippen LogP contribution in [0.5, 0.6) is 0 Å². The van der Waals surface area contributed by atoms with Crippen LogP contribution in [0.15, 0.2) is 0 Å². The normalized spacial score (nSPS) is 24.8. The van der Waals surface area contributed by atoms with Crippen molar-refractivity contribution in [3.8, 4) is 0 Å². The van der Waals surface area contributed by atoms with Gasteiger partial charge in [0, 0.05) is 45.8 Å². The third kappa shape index (κ3) is 4.84. The van der Waals surface area contributed by atoms with Gasteiger partial charge >= 0.3 is 0 Å². The summed E-state index contributed by atoms with van der Waals surface area (Å²) in [6.45, 7) is 11.3. The Kier molecular flexibility index (Phi) is 5.89. The van der Waals surface area contributed by atoms with E-state index in [9.17, 15) is 0 Å². The van der Waals surface area contributed by atoms with Gasteiger partial charge in [0.1, 0.15) is 0 Å². The Morgan fingerprint density at radius 1 is 1.00 bits per heavy atom. The standard InChI is InChI=1S/C14H30N4/c1-16(2)11-12-17-7-3-14(4-8-17)13-18-9-5-15-6-10-18/h14-15H,3-13H2,1-2H3. The highest BCUT2D eigenvalue weighted by molar-refractivity contribution is 4.77. The van der Waals surface area contributed by atoms with Crippen molar-refractivity contribution in [3.05, 3.63) is 0 Å². The smallest absolute Gasteiger partial charge is 0.0109 e. The number of hydrogen-bond acceptors (Lipinski definition) is 4. The topological polar surface area (TPSA) is 21.8 Å². The molecule has 0 spiro atoms. The largest absolute Gasteiger partial charge is 0.314 e. The minimum atomic E-state index is 0.943. The van der Waals surface area contributed by atoms with Gasteiger partial charge in [-0.15, -0.1) is 0 Å². The predicted octanol–water partition coefficient (Wildman–Crippen LogP) is 0.165. The Balaban J connectivity index is 1.60. The van der Waals surface area contributed by atoms with Crippen molar-refractivity contribution in [1.29, 1.82) is 0 Å². The van der Waals surface area contributed by atoms with Gasteiger partial charge in [-0.1, -0.05) is 0 Å². The fourth-order valence-corrected chi connectivity index (χ4v) is 2.99. The number of likely N-dealkylation sites (N-methyl/N-ethyl adjacent to an activating group) is 1. The van der Waals surface area contributed by atoms with Crippen molar-refractivity contribution in [2.45, 2.75) is 12.8 Å². The molecular formula is C14H30N4. The molecule has 0 aromatic rings. The molecule has 4 nitrogen and oxygen atoms in total. The van der Waals surface area contributed by atoms with Crippen molar-refractivity contribution in [3.63, 3.8) is 0 Å². The molecule has 0 saturated carbocycles. The SMILES string of the molecule is CN(C)CCN1CCC(CN2CCNCC2)CC1. The lowest BCUT2D eigenvalue weighted by molar-refractivity contribution is 0.130. The van der Waals surface area contributed by atoms with Crippen LogP contribution in [0.3, 0.4) is 0 Å². The van der Waals surface area contributed by atoms with E-state index in [1.165, 1.54) is 71.7 Å². The lowest BCUT2D eigenvalue weighted by Gasteiger charge is -2.36. The van der Waals surface area contributed by atoms with Crippen molar-refractivity contribution >= 4 is 0 Å². The van der Waals surface area contributed by atoms with E-state index < -0.39 is 0 Å². The van der Waals surface area contributed by atoms with Crippen LogP contribution in [0.1, 0.15) is 12.8 Å². The molecular weight excluding hydrogens is 224 g/mol. The van der Waals surface area contributed by atoms with Crippen LogP contribution in [-0.4, -0.2) is 87.7 Å². The number of rotatable bonds is 5. The van der Waals surface area contributed by atoms with E-state index in [4.69, 9.17) is 0 Å². The molecule has 0 aliphatic carbocycles. The third-order valence-electron chi connectivity index (χ3n) is 4.30.